The Balaban J connectivity index is 2.34. The molecule has 0 radical (unpaired) electrons. The molecule has 0 saturated heterocycles. The Morgan fingerprint density at radius 1 is 1.44 bits per heavy atom. The van der Waals surface area contributed by atoms with Crippen molar-refractivity contribution in [1.82, 2.24) is 5.32 Å². The Morgan fingerprint density at radius 2 is 2.25 bits per heavy atom. The van der Waals surface area contributed by atoms with Gasteiger partial charge in [-0.25, -0.2) is 0 Å². The first kappa shape index (κ1) is 11.9. The van der Waals surface area contributed by atoms with Crippen LogP contribution in [0.1, 0.15) is 28.3 Å². The summed E-state index contributed by atoms with van der Waals surface area (Å²) in [5, 5.41) is 3.48. The molecule has 2 rings (SSSR count). The average Bonchev–Trinajstić information content (AvgIpc) is 2.84. The van der Waals surface area contributed by atoms with Gasteiger partial charge in [0.2, 0.25) is 0 Å². The van der Waals surface area contributed by atoms with Gasteiger partial charge in [0.05, 0.1) is 12.3 Å². The molecule has 2 heterocycles. The van der Waals surface area contributed by atoms with E-state index in [4.69, 9.17) is 4.42 Å². The highest BCUT2D eigenvalue weighted by atomic mass is 79.9. The molecule has 0 bridgehead atoms. The van der Waals surface area contributed by atoms with E-state index >= 15 is 0 Å². The van der Waals surface area contributed by atoms with E-state index in [-0.39, 0.29) is 6.04 Å². The number of aryl methyl sites for hydroxylation is 1. The Bertz CT molecular complexity index is 463. The lowest BCUT2D eigenvalue weighted by atomic mass is 10.1. The molecule has 2 aromatic heterocycles. The number of thiophene rings is 1. The number of halogens is 1. The van der Waals surface area contributed by atoms with Crippen molar-refractivity contribution in [3.63, 3.8) is 0 Å². The molecular formula is C12H14BrNOS. The summed E-state index contributed by atoms with van der Waals surface area (Å²) in [6.45, 7) is 5.17. The van der Waals surface area contributed by atoms with Crippen LogP contribution in [0.3, 0.4) is 0 Å². The van der Waals surface area contributed by atoms with Crippen LogP contribution < -0.4 is 5.32 Å². The fourth-order valence-electron chi connectivity index (χ4n) is 1.69. The van der Waals surface area contributed by atoms with Gasteiger partial charge in [0.1, 0.15) is 0 Å². The van der Waals surface area contributed by atoms with Crippen LogP contribution in [0, 0.1) is 6.92 Å². The minimum Gasteiger partial charge on any atom is -0.457 e. The number of hydrogen-bond donors (Lipinski definition) is 1. The summed E-state index contributed by atoms with van der Waals surface area (Å²) >= 11 is 5.26. The van der Waals surface area contributed by atoms with Gasteiger partial charge < -0.3 is 9.73 Å². The fraction of sp³-hybridized carbons (Fsp3) is 0.333. The third kappa shape index (κ3) is 2.39. The van der Waals surface area contributed by atoms with Gasteiger partial charge in [0, 0.05) is 15.3 Å². The minimum absolute atomic E-state index is 0.219. The Hall–Kier alpha value is -0.580. The number of furan rings is 1. The maximum Gasteiger partial charge on any atom is 0.174 e. The first-order chi connectivity index (χ1) is 7.72. The summed E-state index contributed by atoms with van der Waals surface area (Å²) < 4.78 is 6.11. The number of hydrogen-bond acceptors (Lipinski definition) is 3. The lowest BCUT2D eigenvalue weighted by molar-refractivity contribution is 0.527. The van der Waals surface area contributed by atoms with Crippen LogP contribution in [-0.4, -0.2) is 6.54 Å². The zero-order valence-corrected chi connectivity index (χ0v) is 11.7. The summed E-state index contributed by atoms with van der Waals surface area (Å²) in [7, 11) is 0. The van der Waals surface area contributed by atoms with Crippen LogP contribution in [0.2, 0.25) is 0 Å². The molecule has 16 heavy (non-hydrogen) atoms. The predicted octanol–water partition coefficient (Wildman–Crippen LogP) is 4.11. The van der Waals surface area contributed by atoms with E-state index in [9.17, 15) is 0 Å². The molecule has 0 fully saturated rings. The molecule has 2 aromatic rings. The van der Waals surface area contributed by atoms with Gasteiger partial charge in [-0.05, 0) is 47.6 Å². The fourth-order valence-corrected chi connectivity index (χ4v) is 3.13. The highest BCUT2D eigenvalue weighted by Crippen LogP contribution is 2.32. The molecule has 1 atom stereocenters. The van der Waals surface area contributed by atoms with E-state index < -0.39 is 0 Å². The maximum atomic E-state index is 5.30. The topological polar surface area (TPSA) is 25.2 Å². The van der Waals surface area contributed by atoms with E-state index in [0.717, 1.165) is 16.8 Å². The van der Waals surface area contributed by atoms with Gasteiger partial charge in [0.25, 0.3) is 0 Å². The van der Waals surface area contributed by atoms with Crippen molar-refractivity contribution in [2.75, 3.05) is 6.54 Å². The Kier molecular flexibility index (Phi) is 3.84. The zero-order valence-electron chi connectivity index (χ0n) is 9.29. The van der Waals surface area contributed by atoms with Crippen LogP contribution in [0.25, 0.3) is 0 Å². The molecular weight excluding hydrogens is 286 g/mol. The van der Waals surface area contributed by atoms with E-state index in [0.29, 0.717) is 0 Å². The van der Waals surface area contributed by atoms with Crippen LogP contribution in [0.5, 0.6) is 0 Å². The maximum absolute atomic E-state index is 5.30. The first-order valence-electron chi connectivity index (χ1n) is 5.25. The SMILES string of the molecule is CCNC(c1ccc(C)s1)c1ccoc1Br. The van der Waals surface area contributed by atoms with Crippen LogP contribution >= 0.6 is 27.3 Å². The normalized spacial score (nSPS) is 12.9. The van der Waals surface area contributed by atoms with Gasteiger partial charge in [-0.3, -0.25) is 0 Å². The molecule has 2 nitrogen and oxygen atoms in total. The molecule has 1 unspecified atom stereocenters. The van der Waals surface area contributed by atoms with Gasteiger partial charge in [-0.15, -0.1) is 11.3 Å². The Labute approximate surface area is 108 Å². The van der Waals surface area contributed by atoms with E-state index in [1.54, 1.807) is 6.26 Å². The second kappa shape index (κ2) is 5.17. The van der Waals surface area contributed by atoms with Crippen molar-refractivity contribution < 1.29 is 4.42 Å². The van der Waals surface area contributed by atoms with E-state index in [1.165, 1.54) is 9.75 Å². The van der Waals surface area contributed by atoms with Gasteiger partial charge >= 0.3 is 0 Å². The van der Waals surface area contributed by atoms with Crippen molar-refractivity contribution in [3.05, 3.63) is 44.4 Å². The van der Waals surface area contributed by atoms with E-state index in [2.05, 4.69) is 47.2 Å². The van der Waals surface area contributed by atoms with Gasteiger partial charge in [-0.2, -0.15) is 0 Å². The molecule has 0 aromatic carbocycles. The smallest absolute Gasteiger partial charge is 0.174 e. The molecule has 1 N–H and O–H groups in total. The molecule has 0 aliphatic carbocycles. The first-order valence-corrected chi connectivity index (χ1v) is 6.86. The molecule has 0 aliphatic heterocycles. The summed E-state index contributed by atoms with van der Waals surface area (Å²) in [4.78, 5) is 2.65. The van der Waals surface area contributed by atoms with Gasteiger partial charge in [0.15, 0.2) is 4.67 Å². The zero-order chi connectivity index (χ0) is 11.5. The summed E-state index contributed by atoms with van der Waals surface area (Å²) in [6, 6.07) is 6.55. The van der Waals surface area contributed by atoms with Gasteiger partial charge in [-0.1, -0.05) is 6.92 Å². The average molecular weight is 300 g/mol. The molecule has 0 aliphatic rings. The van der Waals surface area contributed by atoms with Crippen molar-refractivity contribution >= 4 is 27.3 Å². The highest BCUT2D eigenvalue weighted by Gasteiger charge is 2.19. The second-order valence-corrected chi connectivity index (χ2v) is 5.63. The molecule has 0 amide bonds. The number of rotatable bonds is 4. The lowest BCUT2D eigenvalue weighted by Gasteiger charge is -2.15. The monoisotopic (exact) mass is 299 g/mol. The van der Waals surface area contributed by atoms with Crippen molar-refractivity contribution in [1.29, 1.82) is 0 Å². The largest absolute Gasteiger partial charge is 0.457 e. The molecule has 4 heteroatoms. The highest BCUT2D eigenvalue weighted by molar-refractivity contribution is 9.10. The van der Waals surface area contributed by atoms with Crippen molar-refractivity contribution in [2.24, 2.45) is 0 Å². The van der Waals surface area contributed by atoms with Crippen LogP contribution in [0.15, 0.2) is 33.5 Å². The van der Waals surface area contributed by atoms with Crippen molar-refractivity contribution in [2.45, 2.75) is 19.9 Å². The van der Waals surface area contributed by atoms with Crippen LogP contribution in [0.4, 0.5) is 0 Å². The van der Waals surface area contributed by atoms with E-state index in [1.807, 2.05) is 17.4 Å². The third-order valence-corrected chi connectivity index (χ3v) is 4.12. The standard InChI is InChI=1S/C12H14BrNOS/c1-3-14-11(9-6-7-15-12(9)13)10-5-4-8(2)16-10/h4-7,11,14H,3H2,1-2H3. The quantitative estimate of drug-likeness (QED) is 0.919. The lowest BCUT2D eigenvalue weighted by Crippen LogP contribution is -2.20. The summed E-state index contributed by atoms with van der Waals surface area (Å²) in [6.07, 6.45) is 1.71. The minimum atomic E-state index is 0.219. The molecule has 0 saturated carbocycles. The predicted molar refractivity (Wildman–Crippen MR) is 71.0 cm³/mol. The van der Waals surface area contributed by atoms with Crippen LogP contribution in [-0.2, 0) is 0 Å². The summed E-state index contributed by atoms with van der Waals surface area (Å²) in [5.74, 6) is 0. The molecule has 0 spiro atoms. The summed E-state index contributed by atoms with van der Waals surface area (Å²) in [5.41, 5.74) is 1.16. The number of nitrogens with one attached hydrogen (secondary N) is 1. The second-order valence-electron chi connectivity index (χ2n) is 3.59. The van der Waals surface area contributed by atoms with Crippen molar-refractivity contribution in [3.8, 4) is 0 Å². The Morgan fingerprint density at radius 3 is 2.75 bits per heavy atom. The molecule has 86 valence electrons. The third-order valence-electron chi connectivity index (χ3n) is 2.41.